The summed E-state index contributed by atoms with van der Waals surface area (Å²) in [5.41, 5.74) is 2.99. The predicted molar refractivity (Wildman–Crippen MR) is 93.0 cm³/mol. The Hall–Kier alpha value is -2.26. The highest BCUT2D eigenvalue weighted by Crippen LogP contribution is 2.21. The Balaban J connectivity index is 2.18. The fourth-order valence-corrected chi connectivity index (χ4v) is 2.56. The molecule has 0 saturated carbocycles. The van der Waals surface area contributed by atoms with Crippen LogP contribution in [0.1, 0.15) is 11.1 Å². The molecular formula is C16H14O6S2. The third-order valence-electron chi connectivity index (χ3n) is 3.02. The van der Waals surface area contributed by atoms with Gasteiger partial charge in [-0.1, -0.05) is 48.5 Å². The van der Waals surface area contributed by atoms with Gasteiger partial charge in [-0.3, -0.25) is 9.11 Å². The summed E-state index contributed by atoms with van der Waals surface area (Å²) in [7, 11) is -8.31. The van der Waals surface area contributed by atoms with Crippen LogP contribution in [0.15, 0.2) is 59.3 Å². The lowest BCUT2D eigenvalue weighted by Crippen LogP contribution is -1.89. The van der Waals surface area contributed by atoms with Crippen LogP contribution in [0.25, 0.3) is 23.3 Å². The maximum absolute atomic E-state index is 10.7. The Labute approximate surface area is 140 Å². The summed E-state index contributed by atoms with van der Waals surface area (Å²) in [5, 5.41) is 1.41. The summed E-state index contributed by atoms with van der Waals surface area (Å²) in [5.74, 6) is 0. The first-order valence-corrected chi connectivity index (χ1v) is 9.65. The van der Waals surface area contributed by atoms with E-state index in [0.29, 0.717) is 21.9 Å². The lowest BCUT2D eigenvalue weighted by Gasteiger charge is -2.03. The van der Waals surface area contributed by atoms with Crippen molar-refractivity contribution in [2.45, 2.75) is 0 Å². The smallest absolute Gasteiger partial charge is 0.282 e. The summed E-state index contributed by atoms with van der Waals surface area (Å²) < 4.78 is 59.9. The average Bonchev–Trinajstić information content (AvgIpc) is 2.51. The van der Waals surface area contributed by atoms with Gasteiger partial charge in [-0.05, 0) is 34.4 Å². The van der Waals surface area contributed by atoms with Crippen LogP contribution >= 0.6 is 0 Å². The monoisotopic (exact) mass is 366 g/mol. The van der Waals surface area contributed by atoms with Gasteiger partial charge in [0.2, 0.25) is 0 Å². The molecule has 0 aliphatic rings. The van der Waals surface area contributed by atoms with Crippen molar-refractivity contribution in [3.8, 4) is 11.1 Å². The number of hydrogen-bond acceptors (Lipinski definition) is 4. The van der Waals surface area contributed by atoms with Crippen LogP contribution in [0.2, 0.25) is 0 Å². The number of rotatable bonds is 5. The first-order chi connectivity index (χ1) is 11.1. The fraction of sp³-hybridized carbons (Fsp3) is 0. The normalized spacial score (nSPS) is 12.9. The molecule has 0 aromatic heterocycles. The fourth-order valence-electron chi connectivity index (χ4n) is 1.90. The van der Waals surface area contributed by atoms with Gasteiger partial charge in [0.15, 0.2) is 0 Å². The summed E-state index contributed by atoms with van der Waals surface area (Å²) in [6, 6.07) is 13.9. The zero-order valence-electron chi connectivity index (χ0n) is 12.3. The third kappa shape index (κ3) is 6.09. The molecule has 2 aromatic carbocycles. The highest BCUT2D eigenvalue weighted by molar-refractivity contribution is 7.89. The average molecular weight is 366 g/mol. The van der Waals surface area contributed by atoms with Gasteiger partial charge < -0.3 is 0 Å². The quantitative estimate of drug-likeness (QED) is 0.787. The largest absolute Gasteiger partial charge is 0.287 e. The van der Waals surface area contributed by atoms with Crippen molar-refractivity contribution < 1.29 is 25.9 Å². The standard InChI is InChI=1S/C16H14O6S2/c17-23(18,19)11-9-13-1-5-15(6-2-13)16-7-3-14(4-8-16)10-12-24(20,21)22/h1-12H,(H,17,18,19)(H,20,21,22). The lowest BCUT2D eigenvalue weighted by molar-refractivity contribution is 0.492. The topological polar surface area (TPSA) is 109 Å². The molecule has 0 aliphatic heterocycles. The van der Waals surface area contributed by atoms with Crippen molar-refractivity contribution in [1.82, 2.24) is 0 Å². The molecule has 0 bridgehead atoms. The molecule has 8 heteroatoms. The van der Waals surface area contributed by atoms with Crippen molar-refractivity contribution in [3.05, 3.63) is 70.5 Å². The van der Waals surface area contributed by atoms with Crippen LogP contribution in [-0.2, 0) is 20.2 Å². The Morgan fingerprint density at radius 3 is 1.12 bits per heavy atom. The van der Waals surface area contributed by atoms with Crippen molar-refractivity contribution in [2.24, 2.45) is 0 Å². The van der Waals surface area contributed by atoms with Gasteiger partial charge in [0.25, 0.3) is 20.2 Å². The molecule has 0 unspecified atom stereocenters. The molecule has 0 amide bonds. The van der Waals surface area contributed by atoms with E-state index in [2.05, 4.69) is 0 Å². The molecule has 24 heavy (non-hydrogen) atoms. The molecule has 0 spiro atoms. The van der Waals surface area contributed by atoms with Crippen LogP contribution in [0.5, 0.6) is 0 Å². The van der Waals surface area contributed by atoms with Crippen molar-refractivity contribution in [1.29, 1.82) is 0 Å². The Kier molecular flexibility index (Phi) is 5.35. The Morgan fingerprint density at radius 1 is 0.583 bits per heavy atom. The van der Waals surface area contributed by atoms with Crippen molar-refractivity contribution in [3.63, 3.8) is 0 Å². The van der Waals surface area contributed by atoms with Gasteiger partial charge in [0.1, 0.15) is 0 Å². The minimum absolute atomic E-state index is 0.615. The minimum Gasteiger partial charge on any atom is -0.282 e. The zero-order valence-corrected chi connectivity index (χ0v) is 13.9. The molecule has 0 fully saturated rings. The lowest BCUT2D eigenvalue weighted by atomic mass is 10.0. The van der Waals surface area contributed by atoms with Crippen LogP contribution in [0, 0.1) is 0 Å². The van der Waals surface area contributed by atoms with Gasteiger partial charge in [-0.15, -0.1) is 0 Å². The summed E-state index contributed by atoms with van der Waals surface area (Å²) >= 11 is 0. The zero-order chi connectivity index (χ0) is 17.8. The second-order valence-electron chi connectivity index (χ2n) is 4.88. The summed E-state index contributed by atoms with van der Waals surface area (Å²) in [6.07, 6.45) is 2.56. The molecule has 2 rings (SSSR count). The Morgan fingerprint density at radius 2 is 0.875 bits per heavy atom. The first kappa shape index (κ1) is 18.1. The number of hydrogen-bond donors (Lipinski definition) is 2. The second kappa shape index (κ2) is 7.10. The van der Waals surface area contributed by atoms with Gasteiger partial charge >= 0.3 is 0 Å². The molecular weight excluding hydrogens is 352 g/mol. The van der Waals surface area contributed by atoms with E-state index in [0.717, 1.165) is 11.1 Å². The van der Waals surface area contributed by atoms with Gasteiger partial charge in [-0.2, -0.15) is 16.8 Å². The van der Waals surface area contributed by atoms with E-state index in [1.807, 2.05) is 0 Å². The predicted octanol–water partition coefficient (Wildman–Crippen LogP) is 3.07. The molecule has 2 N–H and O–H groups in total. The van der Waals surface area contributed by atoms with Crippen LogP contribution < -0.4 is 0 Å². The van der Waals surface area contributed by atoms with E-state index in [1.54, 1.807) is 48.5 Å². The molecule has 0 heterocycles. The molecule has 0 radical (unpaired) electrons. The van der Waals surface area contributed by atoms with Gasteiger partial charge in [-0.25, -0.2) is 0 Å². The molecule has 0 atom stereocenters. The van der Waals surface area contributed by atoms with E-state index in [1.165, 1.54) is 12.2 Å². The minimum atomic E-state index is -4.15. The van der Waals surface area contributed by atoms with Crippen molar-refractivity contribution >= 4 is 32.4 Å². The van der Waals surface area contributed by atoms with Crippen LogP contribution in [-0.4, -0.2) is 25.9 Å². The summed E-state index contributed by atoms with van der Waals surface area (Å²) in [4.78, 5) is 0. The van der Waals surface area contributed by atoms with E-state index < -0.39 is 20.2 Å². The highest BCUT2D eigenvalue weighted by Gasteiger charge is 2.00. The third-order valence-corrected chi connectivity index (χ3v) is 3.98. The van der Waals surface area contributed by atoms with Crippen LogP contribution in [0.4, 0.5) is 0 Å². The van der Waals surface area contributed by atoms with Gasteiger partial charge in [0, 0.05) is 0 Å². The molecule has 126 valence electrons. The van der Waals surface area contributed by atoms with E-state index >= 15 is 0 Å². The highest BCUT2D eigenvalue weighted by atomic mass is 32.2. The molecule has 2 aromatic rings. The van der Waals surface area contributed by atoms with E-state index in [4.69, 9.17) is 9.11 Å². The van der Waals surface area contributed by atoms with E-state index in [-0.39, 0.29) is 0 Å². The van der Waals surface area contributed by atoms with Crippen molar-refractivity contribution in [2.75, 3.05) is 0 Å². The molecule has 6 nitrogen and oxygen atoms in total. The van der Waals surface area contributed by atoms with Gasteiger partial charge in [0.05, 0.1) is 10.8 Å². The summed E-state index contributed by atoms with van der Waals surface area (Å²) in [6.45, 7) is 0. The second-order valence-corrected chi connectivity index (χ2v) is 7.48. The van der Waals surface area contributed by atoms with E-state index in [9.17, 15) is 16.8 Å². The van der Waals surface area contributed by atoms with Crippen LogP contribution in [0.3, 0.4) is 0 Å². The molecule has 0 saturated heterocycles. The first-order valence-electron chi connectivity index (χ1n) is 6.64. The maximum atomic E-state index is 10.7. The number of benzene rings is 2. The molecule has 0 aliphatic carbocycles. The Bertz CT molecular complexity index is 884. The maximum Gasteiger partial charge on any atom is 0.287 e. The SMILES string of the molecule is O=S(=O)(O)C=Cc1ccc(-c2ccc(C=CS(=O)(=O)O)cc2)cc1.